The molecule has 34 heavy (non-hydrogen) atoms. The number of rotatable bonds is 9. The second kappa shape index (κ2) is 11.1. The Morgan fingerprint density at radius 2 is 1.56 bits per heavy atom. The highest BCUT2D eigenvalue weighted by Gasteiger charge is 2.43. The van der Waals surface area contributed by atoms with Gasteiger partial charge in [0.2, 0.25) is 0 Å². The number of hydrogen-bond donors (Lipinski definition) is 0. The van der Waals surface area contributed by atoms with E-state index in [4.69, 9.17) is 14.2 Å². The Kier molecular flexibility index (Phi) is 8.14. The molecular formula is C27H34BrNO5. The molecule has 3 aliphatic rings. The maximum atomic E-state index is 13.4. The fourth-order valence-corrected chi connectivity index (χ4v) is 6.06. The van der Waals surface area contributed by atoms with Crippen LogP contribution in [-0.2, 0) is 14.3 Å². The molecule has 0 fully saturated rings. The number of benzene rings is 1. The Labute approximate surface area is 210 Å². The van der Waals surface area contributed by atoms with Gasteiger partial charge in [0.15, 0.2) is 23.1 Å². The average Bonchev–Trinajstić information content (AvgIpc) is 2.82. The van der Waals surface area contributed by atoms with Gasteiger partial charge in [-0.2, -0.15) is 0 Å². The predicted molar refractivity (Wildman–Crippen MR) is 134 cm³/mol. The van der Waals surface area contributed by atoms with E-state index in [1.165, 1.54) is 0 Å². The maximum Gasteiger partial charge on any atom is 0.175 e. The minimum absolute atomic E-state index is 0.149. The van der Waals surface area contributed by atoms with E-state index in [1.54, 1.807) is 7.11 Å². The first-order valence-corrected chi connectivity index (χ1v) is 13.2. The van der Waals surface area contributed by atoms with Gasteiger partial charge in [-0.05, 0) is 79.6 Å². The van der Waals surface area contributed by atoms with Crippen LogP contribution in [0.5, 0.6) is 11.5 Å². The number of carbonyl (C=O) groups is 2. The summed E-state index contributed by atoms with van der Waals surface area (Å²) in [6.45, 7) is 6.29. The zero-order chi connectivity index (χ0) is 24.2. The van der Waals surface area contributed by atoms with Crippen molar-refractivity contribution in [3.05, 3.63) is 44.7 Å². The van der Waals surface area contributed by atoms with Gasteiger partial charge in [-0.15, -0.1) is 0 Å². The molecule has 0 radical (unpaired) electrons. The lowest BCUT2D eigenvalue weighted by Gasteiger charge is -2.44. The standard InChI is InChI=1S/C27H34BrNO5/c1-4-33-23-16-17(15-18(28)27(23)34-5-2)24-25-19(9-6-11-21(25)30)29(13-8-14-32-3)20-10-7-12-22(31)26(20)24/h15-16,24H,4-14H2,1-3H3. The van der Waals surface area contributed by atoms with E-state index in [9.17, 15) is 9.59 Å². The van der Waals surface area contributed by atoms with Gasteiger partial charge in [0.25, 0.3) is 0 Å². The Bertz CT molecular complexity index is 984. The van der Waals surface area contributed by atoms with Crippen molar-refractivity contribution < 1.29 is 23.8 Å². The molecule has 7 heteroatoms. The van der Waals surface area contributed by atoms with Crippen molar-refractivity contribution in [2.45, 2.75) is 64.7 Å². The minimum Gasteiger partial charge on any atom is -0.490 e. The molecule has 0 N–H and O–H groups in total. The third-order valence-electron chi connectivity index (χ3n) is 6.77. The minimum atomic E-state index is -0.365. The van der Waals surface area contributed by atoms with E-state index in [2.05, 4.69) is 20.8 Å². The summed E-state index contributed by atoms with van der Waals surface area (Å²) in [7, 11) is 1.70. The molecule has 1 aromatic carbocycles. The lowest BCUT2D eigenvalue weighted by Crippen LogP contribution is -2.39. The lowest BCUT2D eigenvalue weighted by molar-refractivity contribution is -0.117. The van der Waals surface area contributed by atoms with Gasteiger partial charge in [-0.25, -0.2) is 0 Å². The molecule has 0 saturated heterocycles. The summed E-state index contributed by atoms with van der Waals surface area (Å²) in [5, 5.41) is 0. The number of nitrogens with zero attached hydrogens (tertiary/aromatic N) is 1. The molecule has 184 valence electrons. The molecule has 0 bridgehead atoms. The van der Waals surface area contributed by atoms with Crippen molar-refractivity contribution in [2.75, 3.05) is 33.5 Å². The van der Waals surface area contributed by atoms with E-state index in [0.717, 1.165) is 71.2 Å². The van der Waals surface area contributed by atoms with Crippen LogP contribution in [0.4, 0.5) is 0 Å². The average molecular weight is 532 g/mol. The Morgan fingerprint density at radius 3 is 2.12 bits per heavy atom. The molecule has 0 amide bonds. The van der Waals surface area contributed by atoms with Crippen LogP contribution in [-0.4, -0.2) is 49.9 Å². The topological polar surface area (TPSA) is 65.1 Å². The highest BCUT2D eigenvalue weighted by Crippen LogP contribution is 2.51. The van der Waals surface area contributed by atoms with Crippen molar-refractivity contribution in [3.8, 4) is 11.5 Å². The van der Waals surface area contributed by atoms with Crippen LogP contribution in [0.2, 0.25) is 0 Å². The molecule has 0 unspecified atom stereocenters. The summed E-state index contributed by atoms with van der Waals surface area (Å²) in [4.78, 5) is 29.1. The smallest absolute Gasteiger partial charge is 0.175 e. The van der Waals surface area contributed by atoms with E-state index < -0.39 is 0 Å². The number of hydrogen-bond acceptors (Lipinski definition) is 6. The van der Waals surface area contributed by atoms with Crippen LogP contribution >= 0.6 is 15.9 Å². The van der Waals surface area contributed by atoms with E-state index in [1.807, 2.05) is 26.0 Å². The Hall–Kier alpha value is -2.12. The number of methoxy groups -OCH3 is 1. The van der Waals surface area contributed by atoms with Crippen molar-refractivity contribution in [1.29, 1.82) is 0 Å². The Morgan fingerprint density at radius 1 is 0.941 bits per heavy atom. The van der Waals surface area contributed by atoms with Crippen LogP contribution in [0, 0.1) is 0 Å². The molecule has 4 rings (SSSR count). The molecule has 6 nitrogen and oxygen atoms in total. The normalized spacial score (nSPS) is 18.9. The van der Waals surface area contributed by atoms with Crippen LogP contribution in [0.15, 0.2) is 39.1 Å². The number of ether oxygens (including phenoxy) is 3. The summed E-state index contributed by atoms with van der Waals surface area (Å²) in [5.41, 5.74) is 4.66. The first-order chi connectivity index (χ1) is 16.5. The van der Waals surface area contributed by atoms with Gasteiger partial charge in [0, 0.05) is 61.6 Å². The summed E-state index contributed by atoms with van der Waals surface area (Å²) < 4.78 is 17.8. The molecule has 0 spiro atoms. The first kappa shape index (κ1) is 25.0. The second-order valence-corrected chi connectivity index (χ2v) is 9.76. The lowest BCUT2D eigenvalue weighted by atomic mass is 9.71. The summed E-state index contributed by atoms with van der Waals surface area (Å²) in [5.74, 6) is 1.22. The molecule has 1 aromatic rings. The highest BCUT2D eigenvalue weighted by molar-refractivity contribution is 9.10. The van der Waals surface area contributed by atoms with Crippen LogP contribution < -0.4 is 9.47 Å². The number of allylic oxidation sites excluding steroid dienone is 4. The zero-order valence-corrected chi connectivity index (χ0v) is 22.0. The van der Waals surface area contributed by atoms with Gasteiger partial charge in [-0.3, -0.25) is 9.59 Å². The van der Waals surface area contributed by atoms with E-state index in [-0.39, 0.29) is 17.5 Å². The van der Waals surface area contributed by atoms with Crippen LogP contribution in [0.3, 0.4) is 0 Å². The van der Waals surface area contributed by atoms with E-state index in [0.29, 0.717) is 44.2 Å². The summed E-state index contributed by atoms with van der Waals surface area (Å²) >= 11 is 3.66. The number of carbonyl (C=O) groups excluding carboxylic acids is 2. The van der Waals surface area contributed by atoms with Gasteiger partial charge in [-0.1, -0.05) is 0 Å². The quantitative estimate of drug-likeness (QED) is 0.381. The highest BCUT2D eigenvalue weighted by atomic mass is 79.9. The maximum absolute atomic E-state index is 13.4. The van der Waals surface area contributed by atoms with Crippen molar-refractivity contribution in [1.82, 2.24) is 4.90 Å². The first-order valence-electron chi connectivity index (χ1n) is 12.4. The number of halogens is 1. The van der Waals surface area contributed by atoms with Crippen molar-refractivity contribution in [2.24, 2.45) is 0 Å². The van der Waals surface area contributed by atoms with Gasteiger partial charge >= 0.3 is 0 Å². The van der Waals surface area contributed by atoms with E-state index >= 15 is 0 Å². The fourth-order valence-electron chi connectivity index (χ4n) is 5.49. The van der Waals surface area contributed by atoms with Crippen LogP contribution in [0.25, 0.3) is 0 Å². The molecular weight excluding hydrogens is 498 g/mol. The summed E-state index contributed by atoms with van der Waals surface area (Å²) in [6.07, 6.45) is 5.29. The molecule has 2 aliphatic carbocycles. The zero-order valence-electron chi connectivity index (χ0n) is 20.4. The number of ketones is 2. The van der Waals surface area contributed by atoms with Crippen molar-refractivity contribution >= 4 is 27.5 Å². The molecule has 0 aromatic heterocycles. The Balaban J connectivity index is 1.90. The van der Waals surface area contributed by atoms with Gasteiger partial charge < -0.3 is 19.1 Å². The van der Waals surface area contributed by atoms with Crippen molar-refractivity contribution in [3.63, 3.8) is 0 Å². The monoisotopic (exact) mass is 531 g/mol. The predicted octanol–water partition coefficient (Wildman–Crippen LogP) is 5.70. The third-order valence-corrected chi connectivity index (χ3v) is 7.36. The molecule has 1 aliphatic heterocycles. The SMILES string of the molecule is CCOc1cc(C2C3=C(CCCC3=O)N(CCCOC)C3=C2C(=O)CCC3)cc(Br)c1OCC. The molecule has 1 heterocycles. The second-order valence-electron chi connectivity index (χ2n) is 8.90. The largest absolute Gasteiger partial charge is 0.490 e. The van der Waals surface area contributed by atoms with Gasteiger partial charge in [0.05, 0.1) is 17.7 Å². The van der Waals surface area contributed by atoms with Crippen LogP contribution in [0.1, 0.15) is 70.3 Å². The molecule has 0 atom stereocenters. The number of Topliss-reactive ketones (excluding diaryl/α,β-unsaturated/α-hetero) is 2. The summed E-state index contributed by atoms with van der Waals surface area (Å²) in [6, 6.07) is 3.96. The third kappa shape index (κ3) is 4.69. The molecule has 0 saturated carbocycles. The van der Waals surface area contributed by atoms with Gasteiger partial charge in [0.1, 0.15) is 0 Å². The fraction of sp³-hybridized carbons (Fsp3) is 0.556.